The van der Waals surface area contributed by atoms with Crippen molar-refractivity contribution in [1.82, 2.24) is 10.9 Å². The quantitative estimate of drug-likeness (QED) is 0.752. The molecule has 6 nitrogen and oxygen atoms in total. The van der Waals surface area contributed by atoms with Crippen molar-refractivity contribution in [3.05, 3.63) is 57.6 Å². The Bertz CT molecular complexity index is 825. The van der Waals surface area contributed by atoms with Crippen molar-refractivity contribution in [3.8, 4) is 11.5 Å². The number of amides is 2. The Morgan fingerprint density at radius 1 is 0.962 bits per heavy atom. The molecule has 0 aliphatic carbocycles. The van der Waals surface area contributed by atoms with E-state index in [1.165, 1.54) is 31.4 Å². The molecule has 8 heteroatoms. The van der Waals surface area contributed by atoms with Gasteiger partial charge in [-0.3, -0.25) is 20.4 Å². The zero-order chi connectivity index (χ0) is 19.3. The zero-order valence-electron chi connectivity index (χ0n) is 14.4. The summed E-state index contributed by atoms with van der Waals surface area (Å²) in [6, 6.07) is 9.16. The maximum atomic E-state index is 12.2. The van der Waals surface area contributed by atoms with E-state index < -0.39 is 11.8 Å². The Hall–Kier alpha value is -2.44. The Morgan fingerprint density at radius 3 is 2.27 bits per heavy atom. The van der Waals surface area contributed by atoms with Crippen LogP contribution >= 0.6 is 23.2 Å². The van der Waals surface area contributed by atoms with Crippen LogP contribution in [0.3, 0.4) is 0 Å². The van der Waals surface area contributed by atoms with Gasteiger partial charge in [-0.05, 0) is 50.2 Å². The molecule has 2 aromatic carbocycles. The fourth-order valence-electron chi connectivity index (χ4n) is 2.09. The van der Waals surface area contributed by atoms with Crippen LogP contribution in [0.5, 0.6) is 11.5 Å². The summed E-state index contributed by atoms with van der Waals surface area (Å²) in [5, 5.41) is 0.590. The van der Waals surface area contributed by atoms with Crippen LogP contribution in [0.4, 0.5) is 0 Å². The summed E-state index contributed by atoms with van der Waals surface area (Å²) in [6.45, 7) is 3.77. The SMILES string of the molecule is COc1cc(C(=O)NNC(=O)c2ccc(Cl)cc2Cl)ccc1OC(C)C. The lowest BCUT2D eigenvalue weighted by atomic mass is 10.2. The van der Waals surface area contributed by atoms with Crippen LogP contribution in [0.1, 0.15) is 34.6 Å². The largest absolute Gasteiger partial charge is 0.493 e. The number of ether oxygens (including phenoxy) is 2. The molecular formula is C18H18Cl2N2O4. The second kappa shape index (κ2) is 8.78. The summed E-state index contributed by atoms with van der Waals surface area (Å²) in [4.78, 5) is 24.4. The highest BCUT2D eigenvalue weighted by molar-refractivity contribution is 6.36. The van der Waals surface area contributed by atoms with Gasteiger partial charge in [0.15, 0.2) is 11.5 Å². The standard InChI is InChI=1S/C18H18Cl2N2O4/c1-10(2)26-15-7-4-11(8-16(15)25-3)17(23)21-22-18(24)13-6-5-12(19)9-14(13)20/h4-10H,1-3H3,(H,21,23)(H,22,24). The first-order valence-corrected chi connectivity index (χ1v) is 8.48. The lowest BCUT2D eigenvalue weighted by Crippen LogP contribution is -2.41. The van der Waals surface area contributed by atoms with Gasteiger partial charge in [0.1, 0.15) is 0 Å². The summed E-state index contributed by atoms with van der Waals surface area (Å²) in [7, 11) is 1.48. The average Bonchev–Trinajstić information content (AvgIpc) is 2.59. The van der Waals surface area contributed by atoms with E-state index in [4.69, 9.17) is 32.7 Å². The third-order valence-corrected chi connectivity index (χ3v) is 3.80. The molecule has 0 aliphatic heterocycles. The molecule has 0 atom stereocenters. The zero-order valence-corrected chi connectivity index (χ0v) is 15.9. The number of halogens is 2. The topological polar surface area (TPSA) is 76.7 Å². The first-order valence-electron chi connectivity index (χ1n) is 7.72. The van der Waals surface area contributed by atoms with Gasteiger partial charge < -0.3 is 9.47 Å². The molecule has 2 rings (SSSR count). The highest BCUT2D eigenvalue weighted by Crippen LogP contribution is 2.29. The van der Waals surface area contributed by atoms with E-state index in [1.54, 1.807) is 12.1 Å². The van der Waals surface area contributed by atoms with E-state index in [1.807, 2.05) is 13.8 Å². The van der Waals surface area contributed by atoms with Gasteiger partial charge in [0, 0.05) is 10.6 Å². The molecule has 0 saturated heterocycles. The number of nitrogens with one attached hydrogen (secondary N) is 2. The summed E-state index contributed by atoms with van der Waals surface area (Å²) >= 11 is 11.8. The van der Waals surface area contributed by atoms with Crippen LogP contribution in [0.2, 0.25) is 10.0 Å². The summed E-state index contributed by atoms with van der Waals surface area (Å²) in [5.74, 6) is -0.140. The van der Waals surface area contributed by atoms with Crippen molar-refractivity contribution in [2.75, 3.05) is 7.11 Å². The van der Waals surface area contributed by atoms with Crippen LogP contribution < -0.4 is 20.3 Å². The fourth-order valence-corrected chi connectivity index (χ4v) is 2.58. The number of hydrogen-bond donors (Lipinski definition) is 2. The lowest BCUT2D eigenvalue weighted by Gasteiger charge is -2.14. The van der Waals surface area contributed by atoms with E-state index in [2.05, 4.69) is 10.9 Å². The number of carbonyl (C=O) groups excluding carboxylic acids is 2. The van der Waals surface area contributed by atoms with Crippen molar-refractivity contribution in [1.29, 1.82) is 0 Å². The molecule has 0 bridgehead atoms. The fraction of sp³-hybridized carbons (Fsp3) is 0.222. The van der Waals surface area contributed by atoms with Crippen LogP contribution in [-0.2, 0) is 0 Å². The smallest absolute Gasteiger partial charge is 0.271 e. The molecule has 2 N–H and O–H groups in total. The highest BCUT2D eigenvalue weighted by atomic mass is 35.5. The Kier molecular flexibility index (Phi) is 6.71. The summed E-state index contributed by atoms with van der Waals surface area (Å²) < 4.78 is 10.8. The number of methoxy groups -OCH3 is 1. The Balaban J connectivity index is 2.06. The third kappa shape index (κ3) is 5.03. The van der Waals surface area contributed by atoms with Crippen LogP contribution in [0.15, 0.2) is 36.4 Å². The molecular weight excluding hydrogens is 379 g/mol. The van der Waals surface area contributed by atoms with Gasteiger partial charge in [-0.15, -0.1) is 0 Å². The van der Waals surface area contributed by atoms with E-state index in [0.717, 1.165) is 0 Å². The second-order valence-electron chi connectivity index (χ2n) is 5.56. The van der Waals surface area contributed by atoms with E-state index in [0.29, 0.717) is 22.1 Å². The van der Waals surface area contributed by atoms with Gasteiger partial charge in [-0.2, -0.15) is 0 Å². The molecule has 0 radical (unpaired) electrons. The van der Waals surface area contributed by atoms with Gasteiger partial charge in [0.05, 0.1) is 23.8 Å². The van der Waals surface area contributed by atoms with Gasteiger partial charge in [-0.25, -0.2) is 0 Å². The number of benzene rings is 2. The molecule has 2 aromatic rings. The lowest BCUT2D eigenvalue weighted by molar-refractivity contribution is 0.0846. The molecule has 0 heterocycles. The maximum absolute atomic E-state index is 12.2. The van der Waals surface area contributed by atoms with Crippen LogP contribution in [0, 0.1) is 0 Å². The first kappa shape index (κ1) is 19.9. The second-order valence-corrected chi connectivity index (χ2v) is 6.41. The molecule has 0 unspecified atom stereocenters. The molecule has 138 valence electrons. The van der Waals surface area contributed by atoms with E-state index in [-0.39, 0.29) is 16.7 Å². The van der Waals surface area contributed by atoms with Crippen molar-refractivity contribution in [3.63, 3.8) is 0 Å². The minimum absolute atomic E-state index is 0.0352. The Labute approximate surface area is 161 Å². The Morgan fingerprint density at radius 2 is 1.65 bits per heavy atom. The highest BCUT2D eigenvalue weighted by Gasteiger charge is 2.15. The minimum Gasteiger partial charge on any atom is -0.493 e. The predicted molar refractivity (Wildman–Crippen MR) is 100 cm³/mol. The molecule has 0 saturated carbocycles. The number of carbonyl (C=O) groups is 2. The van der Waals surface area contributed by atoms with Crippen molar-refractivity contribution < 1.29 is 19.1 Å². The molecule has 2 amide bonds. The summed E-state index contributed by atoms with van der Waals surface area (Å²) in [5.41, 5.74) is 5.11. The number of rotatable bonds is 5. The van der Waals surface area contributed by atoms with Gasteiger partial charge in [0.25, 0.3) is 11.8 Å². The predicted octanol–water partition coefficient (Wildman–Crippen LogP) is 3.86. The number of hydrogen-bond acceptors (Lipinski definition) is 4. The molecule has 0 fully saturated rings. The molecule has 0 aromatic heterocycles. The van der Waals surface area contributed by atoms with E-state index in [9.17, 15) is 9.59 Å². The van der Waals surface area contributed by atoms with Crippen LogP contribution in [0.25, 0.3) is 0 Å². The molecule has 0 aliphatic rings. The molecule has 26 heavy (non-hydrogen) atoms. The van der Waals surface area contributed by atoms with E-state index >= 15 is 0 Å². The third-order valence-electron chi connectivity index (χ3n) is 3.25. The normalized spacial score (nSPS) is 10.4. The summed E-state index contributed by atoms with van der Waals surface area (Å²) in [6.07, 6.45) is -0.0352. The molecule has 0 spiro atoms. The van der Waals surface area contributed by atoms with Gasteiger partial charge in [-0.1, -0.05) is 23.2 Å². The average molecular weight is 397 g/mol. The maximum Gasteiger partial charge on any atom is 0.271 e. The minimum atomic E-state index is -0.563. The van der Waals surface area contributed by atoms with Crippen LogP contribution in [-0.4, -0.2) is 25.0 Å². The number of hydrazine groups is 1. The van der Waals surface area contributed by atoms with Crippen molar-refractivity contribution in [2.24, 2.45) is 0 Å². The first-order chi connectivity index (χ1) is 12.3. The van der Waals surface area contributed by atoms with Gasteiger partial charge >= 0.3 is 0 Å². The van der Waals surface area contributed by atoms with Crippen molar-refractivity contribution >= 4 is 35.0 Å². The monoisotopic (exact) mass is 396 g/mol. The van der Waals surface area contributed by atoms with Gasteiger partial charge in [0.2, 0.25) is 0 Å². The van der Waals surface area contributed by atoms with Crippen molar-refractivity contribution in [2.45, 2.75) is 20.0 Å².